The summed E-state index contributed by atoms with van der Waals surface area (Å²) in [5, 5.41) is 7.47. The van der Waals surface area contributed by atoms with Gasteiger partial charge < -0.3 is 15.4 Å². The van der Waals surface area contributed by atoms with E-state index in [4.69, 9.17) is 17.0 Å². The van der Waals surface area contributed by atoms with Gasteiger partial charge in [0.15, 0.2) is 5.11 Å². The molecule has 0 bridgehead atoms. The quantitative estimate of drug-likeness (QED) is 0.636. The number of nitrogens with zero attached hydrogens (tertiary/aromatic N) is 1. The van der Waals surface area contributed by atoms with Gasteiger partial charge in [-0.25, -0.2) is 4.79 Å². The summed E-state index contributed by atoms with van der Waals surface area (Å²) in [4.78, 5) is 17.0. The van der Waals surface area contributed by atoms with Crippen LogP contribution in [0.1, 0.15) is 40.7 Å². The van der Waals surface area contributed by atoms with E-state index in [1.165, 1.54) is 18.4 Å². The van der Waals surface area contributed by atoms with Gasteiger partial charge in [0.1, 0.15) is 5.00 Å². The zero-order valence-corrected chi connectivity index (χ0v) is 14.9. The van der Waals surface area contributed by atoms with Crippen LogP contribution in [0.15, 0.2) is 30.6 Å². The summed E-state index contributed by atoms with van der Waals surface area (Å²) in [6.45, 7) is 4.05. The molecule has 0 radical (unpaired) electrons. The number of rotatable bonds is 5. The smallest absolute Gasteiger partial charge is 0.340 e. The summed E-state index contributed by atoms with van der Waals surface area (Å²) < 4.78 is 4.82. The van der Waals surface area contributed by atoms with E-state index in [2.05, 4.69) is 15.6 Å². The largest absolute Gasteiger partial charge is 0.465 e. The zero-order valence-electron chi connectivity index (χ0n) is 13.3. The van der Waals surface area contributed by atoms with Crippen LogP contribution in [0.25, 0.3) is 0 Å². The summed E-state index contributed by atoms with van der Waals surface area (Å²) in [5.41, 5.74) is 1.59. The van der Waals surface area contributed by atoms with E-state index < -0.39 is 0 Å². The second-order valence-corrected chi connectivity index (χ2v) is 6.45. The van der Waals surface area contributed by atoms with Gasteiger partial charge in [0.25, 0.3) is 0 Å². The molecule has 0 fully saturated rings. The molecule has 0 aliphatic rings. The number of aryl methyl sites for hydroxylation is 1. The van der Waals surface area contributed by atoms with Crippen molar-refractivity contribution in [1.29, 1.82) is 0 Å². The van der Waals surface area contributed by atoms with Gasteiger partial charge in [0.2, 0.25) is 0 Å². The van der Waals surface area contributed by atoms with Gasteiger partial charge in [0.05, 0.1) is 18.7 Å². The van der Waals surface area contributed by atoms with Gasteiger partial charge in [-0.3, -0.25) is 4.98 Å². The minimum absolute atomic E-state index is 0.0326. The first kappa shape index (κ1) is 17.4. The van der Waals surface area contributed by atoms with Crippen LogP contribution in [0.5, 0.6) is 0 Å². The van der Waals surface area contributed by atoms with Crippen LogP contribution in [-0.2, 0) is 11.2 Å². The molecule has 2 aromatic heterocycles. The summed E-state index contributed by atoms with van der Waals surface area (Å²) in [6, 6.07) is 5.74. The molecule has 0 aliphatic carbocycles. The third-order valence-electron chi connectivity index (χ3n) is 3.32. The third kappa shape index (κ3) is 4.49. The van der Waals surface area contributed by atoms with Gasteiger partial charge in [0, 0.05) is 17.3 Å². The minimum atomic E-state index is -0.367. The van der Waals surface area contributed by atoms with E-state index in [9.17, 15) is 4.79 Å². The summed E-state index contributed by atoms with van der Waals surface area (Å²) in [5.74, 6) is -0.367. The third-order valence-corrected chi connectivity index (χ3v) is 4.73. The Labute approximate surface area is 145 Å². The van der Waals surface area contributed by atoms with Gasteiger partial charge in [-0.15, -0.1) is 11.3 Å². The lowest BCUT2D eigenvalue weighted by Crippen LogP contribution is -2.31. The van der Waals surface area contributed by atoms with Crippen molar-refractivity contribution in [2.45, 2.75) is 26.3 Å². The number of thiophene rings is 1. The lowest BCUT2D eigenvalue weighted by Gasteiger charge is -2.17. The number of esters is 1. The Kier molecular flexibility index (Phi) is 6.06. The van der Waals surface area contributed by atoms with Crippen LogP contribution in [0.3, 0.4) is 0 Å². The van der Waals surface area contributed by atoms with Gasteiger partial charge >= 0.3 is 5.97 Å². The van der Waals surface area contributed by atoms with E-state index in [-0.39, 0.29) is 12.0 Å². The molecule has 2 heterocycles. The maximum Gasteiger partial charge on any atom is 0.340 e. The number of aromatic nitrogens is 1. The number of carbonyl (C=O) groups is 1. The Morgan fingerprint density at radius 1 is 1.43 bits per heavy atom. The first-order valence-corrected chi connectivity index (χ1v) is 8.46. The van der Waals surface area contributed by atoms with Crippen molar-refractivity contribution in [2.75, 3.05) is 12.4 Å². The molecule has 23 heavy (non-hydrogen) atoms. The monoisotopic (exact) mass is 349 g/mol. The average Bonchev–Trinajstić information content (AvgIpc) is 2.97. The number of methoxy groups -OCH3 is 1. The van der Waals surface area contributed by atoms with Crippen LogP contribution in [0, 0.1) is 0 Å². The highest BCUT2D eigenvalue weighted by Crippen LogP contribution is 2.29. The number of carbonyl (C=O) groups excluding carboxylic acids is 1. The van der Waals surface area contributed by atoms with Crippen molar-refractivity contribution in [3.63, 3.8) is 0 Å². The van der Waals surface area contributed by atoms with Crippen molar-refractivity contribution in [2.24, 2.45) is 0 Å². The minimum Gasteiger partial charge on any atom is -0.465 e. The van der Waals surface area contributed by atoms with E-state index in [0.717, 1.165) is 16.9 Å². The number of thiocarbonyl (C=S) groups is 1. The van der Waals surface area contributed by atoms with Crippen LogP contribution in [-0.4, -0.2) is 23.2 Å². The molecule has 1 atom stereocenters. The number of pyridine rings is 1. The van der Waals surface area contributed by atoms with Crippen molar-refractivity contribution in [3.05, 3.63) is 46.6 Å². The topological polar surface area (TPSA) is 63.2 Å². The zero-order chi connectivity index (χ0) is 16.8. The van der Waals surface area contributed by atoms with Crippen LogP contribution in [0.4, 0.5) is 5.00 Å². The first-order chi connectivity index (χ1) is 11.0. The molecule has 7 heteroatoms. The van der Waals surface area contributed by atoms with Crippen LogP contribution in [0.2, 0.25) is 0 Å². The molecule has 0 unspecified atom stereocenters. The molecule has 0 saturated carbocycles. The highest BCUT2D eigenvalue weighted by atomic mass is 32.1. The molecule has 2 aromatic rings. The lowest BCUT2D eigenvalue weighted by molar-refractivity contribution is 0.0602. The highest BCUT2D eigenvalue weighted by Gasteiger charge is 2.17. The predicted molar refractivity (Wildman–Crippen MR) is 97.0 cm³/mol. The van der Waals surface area contributed by atoms with Gasteiger partial charge in [-0.2, -0.15) is 0 Å². The second-order valence-electron chi connectivity index (χ2n) is 4.90. The van der Waals surface area contributed by atoms with E-state index in [0.29, 0.717) is 15.7 Å². The van der Waals surface area contributed by atoms with Crippen LogP contribution >= 0.6 is 23.6 Å². The molecular formula is C16H19N3O2S2. The van der Waals surface area contributed by atoms with Crippen molar-refractivity contribution < 1.29 is 9.53 Å². The molecule has 5 nitrogen and oxygen atoms in total. The lowest BCUT2D eigenvalue weighted by atomic mass is 10.1. The van der Waals surface area contributed by atoms with E-state index >= 15 is 0 Å². The number of hydrogen-bond donors (Lipinski definition) is 2. The number of ether oxygens (including phenoxy) is 1. The SMILES string of the molecule is CCc1cc(C(=O)OC)c(NC(=S)N[C@@H](C)c2ccncc2)s1. The number of hydrogen-bond acceptors (Lipinski definition) is 5. The van der Waals surface area contributed by atoms with Gasteiger partial charge in [-0.05, 0) is 49.3 Å². The molecule has 0 aromatic carbocycles. The Morgan fingerprint density at radius 3 is 2.74 bits per heavy atom. The molecule has 2 rings (SSSR count). The normalized spacial score (nSPS) is 11.6. The van der Waals surface area contributed by atoms with Crippen molar-refractivity contribution >= 4 is 39.6 Å². The van der Waals surface area contributed by atoms with Crippen molar-refractivity contribution in [3.8, 4) is 0 Å². The second kappa shape index (κ2) is 8.03. The molecule has 122 valence electrons. The Bertz CT molecular complexity index is 686. The Hall–Kier alpha value is -1.99. The van der Waals surface area contributed by atoms with E-state index in [1.807, 2.05) is 32.0 Å². The fraction of sp³-hybridized carbons (Fsp3) is 0.312. The molecule has 0 spiro atoms. The maximum absolute atomic E-state index is 11.9. The first-order valence-electron chi connectivity index (χ1n) is 7.23. The standard InChI is InChI=1S/C16H19N3O2S2/c1-4-12-9-13(15(20)21-3)14(23-12)19-16(22)18-10(2)11-5-7-17-8-6-11/h5-10H,4H2,1-3H3,(H2,18,19,22)/t10-/m0/s1. The fourth-order valence-corrected chi connectivity index (χ4v) is 3.37. The van der Waals surface area contributed by atoms with Crippen molar-refractivity contribution in [1.82, 2.24) is 10.3 Å². The molecule has 0 saturated heterocycles. The van der Waals surface area contributed by atoms with Gasteiger partial charge in [-0.1, -0.05) is 6.92 Å². The summed E-state index contributed by atoms with van der Waals surface area (Å²) in [6.07, 6.45) is 4.34. The van der Waals surface area contributed by atoms with E-state index in [1.54, 1.807) is 12.4 Å². The Balaban J connectivity index is 2.08. The van der Waals surface area contributed by atoms with Crippen LogP contribution < -0.4 is 10.6 Å². The number of nitrogens with one attached hydrogen (secondary N) is 2. The summed E-state index contributed by atoms with van der Waals surface area (Å²) >= 11 is 6.86. The maximum atomic E-state index is 11.9. The molecular weight excluding hydrogens is 330 g/mol. The summed E-state index contributed by atoms with van der Waals surface area (Å²) in [7, 11) is 1.37. The highest BCUT2D eigenvalue weighted by molar-refractivity contribution is 7.80. The molecule has 0 aliphatic heterocycles. The fourth-order valence-electron chi connectivity index (χ4n) is 2.04. The Morgan fingerprint density at radius 2 is 2.13 bits per heavy atom. The average molecular weight is 349 g/mol. The molecule has 2 N–H and O–H groups in total. The number of anilines is 1. The predicted octanol–water partition coefficient (Wildman–Crippen LogP) is 3.54. The molecule has 0 amide bonds.